The van der Waals surface area contributed by atoms with Crippen molar-refractivity contribution in [1.82, 2.24) is 10.2 Å². The van der Waals surface area contributed by atoms with Crippen LogP contribution < -0.4 is 5.32 Å². The minimum atomic E-state index is -1.06. The molecule has 0 aromatic heterocycles. The van der Waals surface area contributed by atoms with E-state index in [9.17, 15) is 19.7 Å². The molecule has 2 aromatic carbocycles. The summed E-state index contributed by atoms with van der Waals surface area (Å²) >= 11 is 0. The van der Waals surface area contributed by atoms with Crippen molar-refractivity contribution >= 4 is 17.6 Å². The summed E-state index contributed by atoms with van der Waals surface area (Å²) in [6.45, 7) is 2.03. The molecule has 7 heteroatoms. The van der Waals surface area contributed by atoms with E-state index in [1.54, 1.807) is 12.1 Å². The standard InChI is InChI=1S/C19H19N3O4/c1-2-12-19(15-6-4-3-5-7-15)17(23)21(18(24)20-19)13-14-8-10-16(11-9-14)22(25)26/h3-11H,2,12-13H2,1H3,(H,20,24)/t19-/m0/s1. The van der Waals surface area contributed by atoms with Crippen LogP contribution >= 0.6 is 0 Å². The van der Waals surface area contributed by atoms with E-state index in [1.165, 1.54) is 17.0 Å². The van der Waals surface area contributed by atoms with Crippen LogP contribution in [0.3, 0.4) is 0 Å². The molecule has 1 aliphatic heterocycles. The quantitative estimate of drug-likeness (QED) is 0.490. The molecule has 0 spiro atoms. The van der Waals surface area contributed by atoms with E-state index in [-0.39, 0.29) is 18.1 Å². The Morgan fingerprint density at radius 3 is 2.31 bits per heavy atom. The van der Waals surface area contributed by atoms with Crippen LogP contribution in [0.15, 0.2) is 54.6 Å². The molecule has 0 unspecified atom stereocenters. The van der Waals surface area contributed by atoms with Crippen LogP contribution in [0, 0.1) is 10.1 Å². The molecule has 1 saturated heterocycles. The van der Waals surface area contributed by atoms with Crippen molar-refractivity contribution in [2.45, 2.75) is 31.8 Å². The van der Waals surface area contributed by atoms with Gasteiger partial charge >= 0.3 is 6.03 Å². The zero-order chi connectivity index (χ0) is 18.7. The SMILES string of the molecule is CCC[C@@]1(c2ccccc2)NC(=O)N(Cc2ccc([N+](=O)[O-])cc2)C1=O. The number of rotatable bonds is 6. The average molecular weight is 353 g/mol. The van der Waals surface area contributed by atoms with Crippen LogP contribution in [0.1, 0.15) is 30.9 Å². The van der Waals surface area contributed by atoms with Gasteiger partial charge in [-0.2, -0.15) is 0 Å². The Labute approximate surface area is 150 Å². The number of carbonyl (C=O) groups is 2. The Morgan fingerprint density at radius 1 is 1.08 bits per heavy atom. The highest BCUT2D eigenvalue weighted by Crippen LogP contribution is 2.34. The second-order valence-corrected chi connectivity index (χ2v) is 6.27. The highest BCUT2D eigenvalue weighted by molar-refractivity contribution is 6.07. The fourth-order valence-electron chi connectivity index (χ4n) is 3.28. The number of amides is 3. The maximum atomic E-state index is 13.1. The first-order valence-electron chi connectivity index (χ1n) is 8.41. The minimum absolute atomic E-state index is 0.0319. The van der Waals surface area contributed by atoms with Gasteiger partial charge < -0.3 is 5.32 Å². The van der Waals surface area contributed by atoms with E-state index >= 15 is 0 Å². The molecular formula is C19H19N3O4. The fourth-order valence-corrected chi connectivity index (χ4v) is 3.28. The molecule has 3 amide bonds. The van der Waals surface area contributed by atoms with Gasteiger partial charge in [-0.05, 0) is 17.5 Å². The lowest BCUT2D eigenvalue weighted by Gasteiger charge is -2.27. The second kappa shape index (κ2) is 6.95. The van der Waals surface area contributed by atoms with Gasteiger partial charge in [0.05, 0.1) is 11.5 Å². The number of urea groups is 1. The van der Waals surface area contributed by atoms with Crippen molar-refractivity contribution in [2.24, 2.45) is 0 Å². The summed E-state index contributed by atoms with van der Waals surface area (Å²) in [4.78, 5) is 37.1. The molecule has 0 radical (unpaired) electrons. The van der Waals surface area contributed by atoms with Crippen LogP contribution in [0.25, 0.3) is 0 Å². The summed E-state index contributed by atoms with van der Waals surface area (Å²) in [7, 11) is 0. The van der Waals surface area contributed by atoms with Crippen molar-refractivity contribution < 1.29 is 14.5 Å². The zero-order valence-corrected chi connectivity index (χ0v) is 14.3. The van der Waals surface area contributed by atoms with Crippen molar-refractivity contribution in [2.75, 3.05) is 0 Å². The van der Waals surface area contributed by atoms with Gasteiger partial charge in [0.15, 0.2) is 0 Å². The second-order valence-electron chi connectivity index (χ2n) is 6.27. The van der Waals surface area contributed by atoms with Gasteiger partial charge in [0.25, 0.3) is 11.6 Å². The Morgan fingerprint density at radius 2 is 1.73 bits per heavy atom. The minimum Gasteiger partial charge on any atom is -0.319 e. The van der Waals surface area contributed by atoms with E-state index in [0.29, 0.717) is 12.0 Å². The third kappa shape index (κ3) is 3.03. The van der Waals surface area contributed by atoms with Crippen molar-refractivity contribution in [3.05, 3.63) is 75.8 Å². The van der Waals surface area contributed by atoms with Crippen molar-refractivity contribution in [1.29, 1.82) is 0 Å². The molecular weight excluding hydrogens is 334 g/mol. The lowest BCUT2D eigenvalue weighted by Crippen LogP contribution is -2.43. The van der Waals surface area contributed by atoms with Gasteiger partial charge in [-0.3, -0.25) is 19.8 Å². The number of nitro groups is 1. The maximum absolute atomic E-state index is 13.1. The lowest BCUT2D eigenvalue weighted by molar-refractivity contribution is -0.384. The summed E-state index contributed by atoms with van der Waals surface area (Å²) in [5.41, 5.74) is 0.315. The van der Waals surface area contributed by atoms with E-state index in [1.807, 2.05) is 37.3 Å². The van der Waals surface area contributed by atoms with Crippen LogP contribution in [0.2, 0.25) is 0 Å². The number of benzene rings is 2. The molecule has 0 bridgehead atoms. The third-order valence-corrected chi connectivity index (χ3v) is 4.56. The van der Waals surface area contributed by atoms with Gasteiger partial charge in [0.1, 0.15) is 5.54 Å². The molecule has 1 fully saturated rings. The molecule has 7 nitrogen and oxygen atoms in total. The van der Waals surface area contributed by atoms with E-state index in [4.69, 9.17) is 0 Å². The van der Waals surface area contributed by atoms with Gasteiger partial charge in [-0.25, -0.2) is 4.79 Å². The lowest BCUT2D eigenvalue weighted by atomic mass is 9.85. The number of imide groups is 1. The highest BCUT2D eigenvalue weighted by atomic mass is 16.6. The monoisotopic (exact) mass is 353 g/mol. The fraction of sp³-hybridized carbons (Fsp3) is 0.263. The molecule has 1 atom stereocenters. The summed E-state index contributed by atoms with van der Waals surface area (Å²) in [5.74, 6) is -0.297. The van der Waals surface area contributed by atoms with Crippen LogP contribution in [0.5, 0.6) is 0 Å². The zero-order valence-electron chi connectivity index (χ0n) is 14.3. The Hall–Kier alpha value is -3.22. The molecule has 0 saturated carbocycles. The number of hydrogen-bond donors (Lipinski definition) is 1. The predicted octanol–water partition coefficient (Wildman–Crippen LogP) is 3.34. The van der Waals surface area contributed by atoms with Crippen LogP contribution in [0.4, 0.5) is 10.5 Å². The average Bonchev–Trinajstić information content (AvgIpc) is 2.88. The molecule has 0 aliphatic carbocycles. The van der Waals surface area contributed by atoms with E-state index < -0.39 is 16.5 Å². The smallest absolute Gasteiger partial charge is 0.319 e. The third-order valence-electron chi connectivity index (χ3n) is 4.56. The van der Waals surface area contributed by atoms with Crippen molar-refractivity contribution in [3.63, 3.8) is 0 Å². The number of nitrogens with one attached hydrogen (secondary N) is 1. The van der Waals surface area contributed by atoms with E-state index in [0.717, 1.165) is 12.0 Å². The Balaban J connectivity index is 1.89. The molecule has 1 N–H and O–H groups in total. The normalized spacial score (nSPS) is 19.5. The van der Waals surface area contributed by atoms with Crippen molar-refractivity contribution in [3.8, 4) is 0 Å². The van der Waals surface area contributed by atoms with Gasteiger partial charge in [0.2, 0.25) is 0 Å². The topological polar surface area (TPSA) is 92.6 Å². The summed E-state index contributed by atoms with van der Waals surface area (Å²) in [6, 6.07) is 14.6. The maximum Gasteiger partial charge on any atom is 0.325 e. The molecule has 2 aromatic rings. The highest BCUT2D eigenvalue weighted by Gasteiger charge is 2.51. The van der Waals surface area contributed by atoms with Crippen LogP contribution in [-0.4, -0.2) is 21.8 Å². The molecule has 3 rings (SSSR count). The summed E-state index contributed by atoms with van der Waals surface area (Å²) < 4.78 is 0. The van der Waals surface area contributed by atoms with Gasteiger partial charge in [0, 0.05) is 12.1 Å². The summed E-state index contributed by atoms with van der Waals surface area (Å²) in [5, 5.41) is 13.6. The number of carbonyl (C=O) groups excluding carboxylic acids is 2. The Kier molecular flexibility index (Phi) is 4.71. The first kappa shape index (κ1) is 17.6. The first-order valence-corrected chi connectivity index (χ1v) is 8.41. The summed E-state index contributed by atoms with van der Waals surface area (Å²) in [6.07, 6.45) is 1.23. The molecule has 26 heavy (non-hydrogen) atoms. The number of nitrogens with zero attached hydrogens (tertiary/aromatic N) is 2. The predicted molar refractivity (Wildman–Crippen MR) is 95.2 cm³/mol. The molecule has 1 aliphatic rings. The number of non-ortho nitro benzene ring substituents is 1. The first-order chi connectivity index (χ1) is 12.5. The molecule has 1 heterocycles. The molecule has 134 valence electrons. The Bertz CT molecular complexity index is 836. The largest absolute Gasteiger partial charge is 0.325 e. The van der Waals surface area contributed by atoms with E-state index in [2.05, 4.69) is 5.32 Å². The van der Waals surface area contributed by atoms with Crippen LogP contribution in [-0.2, 0) is 16.9 Å². The number of nitro benzene ring substituents is 1. The van der Waals surface area contributed by atoms with Gasteiger partial charge in [-0.15, -0.1) is 0 Å². The van der Waals surface area contributed by atoms with Gasteiger partial charge in [-0.1, -0.05) is 55.8 Å². The number of hydrogen-bond acceptors (Lipinski definition) is 4.